The Morgan fingerprint density at radius 2 is 1.35 bits per heavy atom. The van der Waals surface area contributed by atoms with Gasteiger partial charge in [0.1, 0.15) is 1.12 Å². The number of fused-ring (bicyclic) bond motifs is 3. The van der Waals surface area contributed by atoms with Crippen LogP contribution in [0, 0.1) is 0 Å². The lowest BCUT2D eigenvalue weighted by Crippen LogP contribution is -2.28. The Morgan fingerprint density at radius 3 is 1.88 bits per heavy atom. The fraction of sp³-hybridized carbons (Fsp3) is 0.556. The molecule has 0 fully saturated rings. The largest absolute Gasteiger partial charge is 0.396 e. The number of unbranched alkanes of at least 4 members (excludes halogenated alkanes) is 1. The van der Waals surface area contributed by atoms with Crippen LogP contribution in [0.4, 0.5) is 11.4 Å². The molecule has 2 unspecified atom stereocenters. The lowest BCUT2D eigenvalue weighted by molar-refractivity contribution is -0.123. The molecule has 0 spiro atoms. The summed E-state index contributed by atoms with van der Waals surface area (Å²) < 4.78 is 18.8. The maximum absolute atomic E-state index is 12.7. The van der Waals surface area contributed by atoms with Gasteiger partial charge in [0, 0.05) is 75.0 Å². The molecule has 2 aromatic carbocycles. The van der Waals surface area contributed by atoms with E-state index in [1.807, 2.05) is 43.3 Å². The van der Waals surface area contributed by atoms with E-state index >= 15 is 0 Å². The number of rotatable bonds is 24. The summed E-state index contributed by atoms with van der Waals surface area (Å²) >= 11 is 0.987. The molecule has 0 aliphatic heterocycles. The first-order chi connectivity index (χ1) is 23.7. The predicted octanol–water partition coefficient (Wildman–Crippen LogP) is 4.78. The quantitative estimate of drug-likeness (QED) is 0.0687. The van der Waals surface area contributed by atoms with Gasteiger partial charge in [-0.2, -0.15) is 12.5 Å². The second kappa shape index (κ2) is 21.5. The van der Waals surface area contributed by atoms with Crippen LogP contribution in [0.2, 0.25) is 0 Å². The Morgan fingerprint density at radius 1 is 0.812 bits per heavy atom. The van der Waals surface area contributed by atoms with Crippen LogP contribution in [0.15, 0.2) is 36.4 Å². The van der Waals surface area contributed by atoms with E-state index in [1.165, 1.54) is 0 Å². The van der Waals surface area contributed by atoms with Crippen molar-refractivity contribution in [2.75, 3.05) is 55.9 Å². The zero-order valence-corrected chi connectivity index (χ0v) is 29.1. The Bertz CT molecular complexity index is 1380. The van der Waals surface area contributed by atoms with Crippen molar-refractivity contribution < 1.29 is 33.8 Å². The molecule has 0 saturated heterocycles. The fourth-order valence-corrected chi connectivity index (χ4v) is 5.82. The molecule has 1 aliphatic rings. The third kappa shape index (κ3) is 13.2. The SMILES string of the molecule is [2H]SCC1c2cc(NC(=O)CCCC(=O)NCCOCCCC)ccc2-c2ccc(NC(=O)CCCC(=O)NCCOC(C)CCO)cc21. The lowest BCUT2D eigenvalue weighted by atomic mass is 9.98. The number of hydrogen-bond acceptors (Lipinski definition) is 8. The van der Waals surface area contributed by atoms with Crippen molar-refractivity contribution in [1.29, 1.82) is 1.12 Å². The predicted molar refractivity (Wildman–Crippen MR) is 191 cm³/mol. The molecule has 0 radical (unpaired) electrons. The summed E-state index contributed by atoms with van der Waals surface area (Å²) in [6.07, 6.45) is 4.30. The lowest BCUT2D eigenvalue weighted by Gasteiger charge is -2.13. The summed E-state index contributed by atoms with van der Waals surface area (Å²) in [5.74, 6) is -0.175. The molecular formula is C36H52N4O7S. The van der Waals surface area contributed by atoms with Crippen LogP contribution in [0.1, 0.15) is 88.7 Å². The Labute approximate surface area is 290 Å². The van der Waals surface area contributed by atoms with Crippen molar-refractivity contribution in [3.05, 3.63) is 47.5 Å². The molecule has 0 heterocycles. The van der Waals surface area contributed by atoms with Crippen molar-refractivity contribution in [3.63, 3.8) is 0 Å². The molecule has 4 amide bonds. The van der Waals surface area contributed by atoms with Gasteiger partial charge in [-0.1, -0.05) is 25.5 Å². The summed E-state index contributed by atoms with van der Waals surface area (Å²) in [7, 11) is 0. The minimum atomic E-state index is -0.185. The summed E-state index contributed by atoms with van der Waals surface area (Å²) in [6, 6.07) is 11.5. The number of nitrogens with one attached hydrogen (secondary N) is 4. The topological polar surface area (TPSA) is 155 Å². The molecule has 1 aliphatic carbocycles. The van der Waals surface area contributed by atoms with E-state index in [4.69, 9.17) is 15.7 Å². The number of amides is 4. The third-order valence-electron chi connectivity index (χ3n) is 8.07. The van der Waals surface area contributed by atoms with Gasteiger partial charge >= 0.3 is 0 Å². The molecule has 2 atom stereocenters. The summed E-state index contributed by atoms with van der Waals surface area (Å²) in [5.41, 5.74) is 5.38. The van der Waals surface area contributed by atoms with Crippen molar-refractivity contribution >= 4 is 47.5 Å². The molecular weight excluding hydrogens is 632 g/mol. The van der Waals surface area contributed by atoms with Crippen LogP contribution in [0.5, 0.6) is 0 Å². The molecule has 264 valence electrons. The first-order valence-electron chi connectivity index (χ1n) is 17.5. The molecule has 0 bridgehead atoms. The fourth-order valence-electron chi connectivity index (χ4n) is 5.46. The second-order valence-electron chi connectivity index (χ2n) is 12.0. The molecule has 48 heavy (non-hydrogen) atoms. The number of anilines is 2. The number of thiol groups is 1. The summed E-state index contributed by atoms with van der Waals surface area (Å²) in [4.78, 5) is 49.5. The summed E-state index contributed by atoms with van der Waals surface area (Å²) in [6.45, 7) is 6.40. The number of carbonyl (C=O) groups is 4. The van der Waals surface area contributed by atoms with Gasteiger partial charge in [-0.05, 0) is 79.1 Å². The number of benzene rings is 2. The Kier molecular flexibility index (Phi) is 16.7. The van der Waals surface area contributed by atoms with Gasteiger partial charge in [0.05, 0.1) is 19.3 Å². The van der Waals surface area contributed by atoms with Gasteiger partial charge in [-0.25, -0.2) is 0 Å². The monoisotopic (exact) mass is 685 g/mol. The molecule has 0 aromatic heterocycles. The Balaban J connectivity index is 1.45. The van der Waals surface area contributed by atoms with E-state index in [0.29, 0.717) is 69.3 Å². The zero-order chi connectivity index (χ0) is 35.4. The summed E-state index contributed by atoms with van der Waals surface area (Å²) in [5, 5.41) is 20.4. The number of carbonyl (C=O) groups excluding carboxylic acids is 4. The molecule has 5 N–H and O–H groups in total. The highest BCUT2D eigenvalue weighted by atomic mass is 32.1. The van der Waals surface area contributed by atoms with E-state index in [9.17, 15) is 19.2 Å². The van der Waals surface area contributed by atoms with Gasteiger partial charge in [-0.3, -0.25) is 19.2 Å². The van der Waals surface area contributed by atoms with E-state index in [0.717, 1.165) is 47.6 Å². The standard InChI is InChI=1S/C36H52N4O7S/c1-3-4-19-46-20-16-37-33(42)7-5-9-35(44)39-26-11-13-28-29-14-12-27(23-31(29)32(24-48)30(28)22-26)40-36(45)10-6-8-34(43)38-17-21-47-25(2)15-18-41/h11-14,22-23,25,32,41,48H,3-10,15-21,24H2,1-2H3,(H,37,42)(H,38,43)(H,39,44)(H,40,45)/i/hD. The van der Waals surface area contributed by atoms with Gasteiger partial charge in [0.2, 0.25) is 23.6 Å². The van der Waals surface area contributed by atoms with Gasteiger partial charge in [-0.15, -0.1) is 0 Å². The molecule has 3 rings (SSSR count). The second-order valence-corrected chi connectivity index (χ2v) is 12.3. The van der Waals surface area contributed by atoms with E-state index in [-0.39, 0.29) is 67.9 Å². The maximum atomic E-state index is 12.7. The molecule has 12 heteroatoms. The Hall–Kier alpha value is -3.45. The average molecular weight is 686 g/mol. The first-order valence-corrected chi connectivity index (χ1v) is 17.6. The average Bonchev–Trinajstić information content (AvgIpc) is 3.36. The first kappa shape index (κ1) is 37.4. The van der Waals surface area contributed by atoms with Gasteiger partial charge in [0.25, 0.3) is 0 Å². The van der Waals surface area contributed by atoms with Crippen molar-refractivity contribution in [1.82, 2.24) is 10.6 Å². The van der Waals surface area contributed by atoms with Gasteiger partial charge in [0.15, 0.2) is 0 Å². The third-order valence-corrected chi connectivity index (χ3v) is 8.40. The highest BCUT2D eigenvalue weighted by molar-refractivity contribution is 7.80. The number of aliphatic hydroxyl groups excluding tert-OH is 1. The molecule has 2 aromatic rings. The van der Waals surface area contributed by atoms with Crippen LogP contribution in [-0.4, -0.2) is 81.2 Å². The van der Waals surface area contributed by atoms with Crippen molar-refractivity contribution in [2.45, 2.75) is 83.7 Å². The maximum Gasteiger partial charge on any atom is 0.224 e. The van der Waals surface area contributed by atoms with Crippen LogP contribution in [0.3, 0.4) is 0 Å². The van der Waals surface area contributed by atoms with Crippen LogP contribution >= 0.6 is 12.5 Å². The van der Waals surface area contributed by atoms with Crippen molar-refractivity contribution in [2.24, 2.45) is 0 Å². The van der Waals surface area contributed by atoms with Crippen molar-refractivity contribution in [3.8, 4) is 11.1 Å². The number of ether oxygens (including phenoxy) is 2. The molecule has 11 nitrogen and oxygen atoms in total. The number of hydrogen-bond donors (Lipinski definition) is 6. The van der Waals surface area contributed by atoms with E-state index < -0.39 is 0 Å². The zero-order valence-electron chi connectivity index (χ0n) is 29.2. The van der Waals surface area contributed by atoms with E-state index in [1.54, 1.807) is 0 Å². The molecule has 0 saturated carbocycles. The number of aliphatic hydroxyl groups is 1. The highest BCUT2D eigenvalue weighted by Gasteiger charge is 2.28. The van der Waals surface area contributed by atoms with E-state index in [2.05, 4.69) is 28.2 Å². The minimum Gasteiger partial charge on any atom is -0.396 e. The van der Waals surface area contributed by atoms with Crippen LogP contribution in [-0.2, 0) is 28.7 Å². The normalized spacial score (nSPS) is 14.0. The highest BCUT2D eigenvalue weighted by Crippen LogP contribution is 2.47. The minimum absolute atomic E-state index is 0.0589. The smallest absolute Gasteiger partial charge is 0.224 e. The van der Waals surface area contributed by atoms with Crippen LogP contribution in [0.25, 0.3) is 11.1 Å². The van der Waals surface area contributed by atoms with Gasteiger partial charge < -0.3 is 35.8 Å². The van der Waals surface area contributed by atoms with Crippen LogP contribution < -0.4 is 21.3 Å².